The number of esters is 2. The Bertz CT molecular complexity index is 795. The number of unbranched alkanes of at least 4 members (excludes halogenated alkanes) is 36. The fourth-order valence-electron chi connectivity index (χ4n) is 7.55. The van der Waals surface area contributed by atoms with E-state index in [9.17, 15) is 14.7 Å². The van der Waals surface area contributed by atoms with Gasteiger partial charge in [0, 0.05) is 12.8 Å². The van der Waals surface area contributed by atoms with E-state index in [1.54, 1.807) is 0 Å². The standard InChI is InChI=1S/C50H96O5/c1-3-5-7-9-11-12-13-14-15-16-17-18-19-20-21-22-23-24-25-26-27-28-29-30-31-32-33-34-35-36-37-38-39-41-43-45-50(53)55-48(46-51)47-54-49(52)44-42-40-10-8-6-4-2/h16-17,48,51H,3-15,18-47H2,1-2H3/b17-16-. The van der Waals surface area contributed by atoms with E-state index in [4.69, 9.17) is 9.47 Å². The lowest BCUT2D eigenvalue weighted by Crippen LogP contribution is -2.28. The van der Waals surface area contributed by atoms with Crippen molar-refractivity contribution >= 4 is 11.9 Å². The van der Waals surface area contributed by atoms with Crippen LogP contribution in [0.4, 0.5) is 0 Å². The molecule has 0 aliphatic heterocycles. The second-order valence-electron chi connectivity index (χ2n) is 16.9. The van der Waals surface area contributed by atoms with Crippen LogP contribution in [-0.4, -0.2) is 36.4 Å². The van der Waals surface area contributed by atoms with Crippen molar-refractivity contribution in [1.82, 2.24) is 0 Å². The molecule has 1 atom stereocenters. The summed E-state index contributed by atoms with van der Waals surface area (Å²) in [4.78, 5) is 24.1. The lowest BCUT2D eigenvalue weighted by Gasteiger charge is -2.15. The Morgan fingerprint density at radius 2 is 0.673 bits per heavy atom. The molecule has 0 rings (SSSR count). The number of hydrogen-bond donors (Lipinski definition) is 1. The number of carbonyl (C=O) groups is 2. The van der Waals surface area contributed by atoms with Crippen LogP contribution < -0.4 is 0 Å². The minimum atomic E-state index is -0.761. The largest absolute Gasteiger partial charge is 0.462 e. The Morgan fingerprint density at radius 3 is 0.982 bits per heavy atom. The molecule has 0 aromatic rings. The first-order chi connectivity index (χ1) is 27.1. The molecule has 1 unspecified atom stereocenters. The predicted octanol–water partition coefficient (Wildman–Crippen LogP) is 16.0. The molecular weight excluding hydrogens is 681 g/mol. The van der Waals surface area contributed by atoms with Crippen LogP contribution >= 0.6 is 0 Å². The average molecular weight is 777 g/mol. The zero-order chi connectivity index (χ0) is 40.0. The summed E-state index contributed by atoms with van der Waals surface area (Å²) in [6.07, 6.45) is 56.5. The van der Waals surface area contributed by atoms with E-state index in [2.05, 4.69) is 26.0 Å². The third-order valence-corrected chi connectivity index (χ3v) is 11.3. The molecule has 0 saturated carbocycles. The Kier molecular flexibility index (Phi) is 45.9. The van der Waals surface area contributed by atoms with Crippen LogP contribution in [0.2, 0.25) is 0 Å². The number of aliphatic hydroxyl groups is 1. The Morgan fingerprint density at radius 1 is 0.400 bits per heavy atom. The fraction of sp³-hybridized carbons (Fsp3) is 0.920. The van der Waals surface area contributed by atoms with Gasteiger partial charge < -0.3 is 14.6 Å². The maximum atomic E-state index is 12.2. The van der Waals surface area contributed by atoms with E-state index in [0.29, 0.717) is 12.8 Å². The molecular formula is C50H96O5. The molecule has 0 amide bonds. The van der Waals surface area contributed by atoms with Crippen molar-refractivity contribution in [3.63, 3.8) is 0 Å². The average Bonchev–Trinajstić information content (AvgIpc) is 3.19. The summed E-state index contributed by atoms with van der Waals surface area (Å²) in [5.74, 6) is -0.587. The fourth-order valence-corrected chi connectivity index (χ4v) is 7.55. The monoisotopic (exact) mass is 777 g/mol. The van der Waals surface area contributed by atoms with Gasteiger partial charge in [0.1, 0.15) is 6.61 Å². The van der Waals surface area contributed by atoms with Gasteiger partial charge in [-0.1, -0.05) is 238 Å². The minimum Gasteiger partial charge on any atom is -0.462 e. The first-order valence-corrected chi connectivity index (χ1v) is 24.7. The van der Waals surface area contributed by atoms with Crippen molar-refractivity contribution in [2.45, 2.75) is 283 Å². The molecule has 0 aromatic carbocycles. The zero-order valence-electron chi connectivity index (χ0n) is 37.2. The molecule has 0 aliphatic rings. The maximum absolute atomic E-state index is 12.2. The van der Waals surface area contributed by atoms with Crippen molar-refractivity contribution in [3.8, 4) is 0 Å². The lowest BCUT2D eigenvalue weighted by atomic mass is 10.0. The molecule has 0 fully saturated rings. The maximum Gasteiger partial charge on any atom is 0.306 e. The molecule has 0 aromatic heterocycles. The predicted molar refractivity (Wildman–Crippen MR) is 238 cm³/mol. The van der Waals surface area contributed by atoms with Gasteiger partial charge in [0.2, 0.25) is 0 Å². The van der Waals surface area contributed by atoms with E-state index in [-0.39, 0.29) is 25.2 Å². The van der Waals surface area contributed by atoms with Crippen molar-refractivity contribution in [3.05, 3.63) is 12.2 Å². The molecule has 0 heterocycles. The molecule has 55 heavy (non-hydrogen) atoms. The van der Waals surface area contributed by atoms with E-state index >= 15 is 0 Å². The number of rotatable bonds is 46. The highest BCUT2D eigenvalue weighted by atomic mass is 16.6. The second kappa shape index (κ2) is 47.0. The Hall–Kier alpha value is -1.36. The second-order valence-corrected chi connectivity index (χ2v) is 16.9. The summed E-state index contributed by atoms with van der Waals surface area (Å²) in [7, 11) is 0. The van der Waals surface area contributed by atoms with Gasteiger partial charge in [-0.15, -0.1) is 0 Å². The first-order valence-electron chi connectivity index (χ1n) is 24.7. The van der Waals surface area contributed by atoms with Crippen molar-refractivity contribution < 1.29 is 24.2 Å². The van der Waals surface area contributed by atoms with Gasteiger partial charge in [0.15, 0.2) is 6.10 Å². The summed E-state index contributed by atoms with van der Waals surface area (Å²) in [6.45, 7) is 4.10. The molecule has 326 valence electrons. The van der Waals surface area contributed by atoms with Crippen molar-refractivity contribution in [1.29, 1.82) is 0 Å². The summed E-state index contributed by atoms with van der Waals surface area (Å²) in [6, 6.07) is 0. The van der Waals surface area contributed by atoms with E-state index in [1.807, 2.05) is 0 Å². The van der Waals surface area contributed by atoms with E-state index in [1.165, 1.54) is 212 Å². The van der Waals surface area contributed by atoms with Crippen LogP contribution in [0.25, 0.3) is 0 Å². The van der Waals surface area contributed by atoms with Crippen molar-refractivity contribution in [2.24, 2.45) is 0 Å². The molecule has 0 bridgehead atoms. The normalized spacial score (nSPS) is 12.1. The molecule has 0 radical (unpaired) electrons. The van der Waals surface area contributed by atoms with Crippen LogP contribution in [0, 0.1) is 0 Å². The van der Waals surface area contributed by atoms with Gasteiger partial charge in [-0.25, -0.2) is 0 Å². The smallest absolute Gasteiger partial charge is 0.306 e. The number of carbonyl (C=O) groups excluding carboxylic acids is 2. The SMILES string of the molecule is CCCCCCCCCC/C=C\CCCCCCCCCCCCCCCCCCCCCCCCCC(=O)OC(CO)COC(=O)CCCCCCCC. The summed E-state index contributed by atoms with van der Waals surface area (Å²) >= 11 is 0. The van der Waals surface area contributed by atoms with Crippen LogP contribution in [0.3, 0.4) is 0 Å². The molecule has 0 spiro atoms. The van der Waals surface area contributed by atoms with Gasteiger partial charge in [-0.3, -0.25) is 9.59 Å². The minimum absolute atomic E-state index is 0.0600. The Balaban J connectivity index is 3.31. The van der Waals surface area contributed by atoms with Crippen molar-refractivity contribution in [2.75, 3.05) is 13.2 Å². The van der Waals surface area contributed by atoms with Crippen LogP contribution in [0.15, 0.2) is 12.2 Å². The van der Waals surface area contributed by atoms with Crippen LogP contribution in [0.1, 0.15) is 277 Å². The number of ether oxygens (including phenoxy) is 2. The molecule has 1 N–H and O–H groups in total. The summed E-state index contributed by atoms with van der Waals surface area (Å²) < 4.78 is 10.5. The van der Waals surface area contributed by atoms with Gasteiger partial charge in [-0.05, 0) is 38.5 Å². The van der Waals surface area contributed by atoms with Gasteiger partial charge in [-0.2, -0.15) is 0 Å². The first kappa shape index (κ1) is 53.6. The highest BCUT2D eigenvalue weighted by molar-refractivity contribution is 5.70. The molecule has 5 heteroatoms. The van der Waals surface area contributed by atoms with Crippen LogP contribution in [0.5, 0.6) is 0 Å². The lowest BCUT2D eigenvalue weighted by molar-refractivity contribution is -0.161. The third-order valence-electron chi connectivity index (χ3n) is 11.3. The number of aliphatic hydroxyl groups excluding tert-OH is 1. The van der Waals surface area contributed by atoms with E-state index < -0.39 is 6.10 Å². The molecule has 0 saturated heterocycles. The molecule has 0 aliphatic carbocycles. The van der Waals surface area contributed by atoms with Gasteiger partial charge in [0.05, 0.1) is 6.61 Å². The molecule has 5 nitrogen and oxygen atoms in total. The van der Waals surface area contributed by atoms with Gasteiger partial charge in [0.25, 0.3) is 0 Å². The zero-order valence-corrected chi connectivity index (χ0v) is 37.2. The quantitative estimate of drug-likeness (QED) is 0.0379. The highest BCUT2D eigenvalue weighted by Gasteiger charge is 2.16. The van der Waals surface area contributed by atoms with E-state index in [0.717, 1.165) is 38.5 Å². The third kappa shape index (κ3) is 45.2. The number of allylic oxidation sites excluding steroid dienone is 2. The summed E-state index contributed by atoms with van der Waals surface area (Å²) in [5.41, 5.74) is 0. The summed E-state index contributed by atoms with van der Waals surface area (Å²) in [5, 5.41) is 9.51. The van der Waals surface area contributed by atoms with Crippen LogP contribution in [-0.2, 0) is 19.1 Å². The topological polar surface area (TPSA) is 72.8 Å². The van der Waals surface area contributed by atoms with Gasteiger partial charge >= 0.3 is 11.9 Å². The Labute approximate surface area is 343 Å². The number of hydrogen-bond acceptors (Lipinski definition) is 5. The highest BCUT2D eigenvalue weighted by Crippen LogP contribution is 2.17.